The molecule has 17 heavy (non-hydrogen) atoms. The molecule has 5 nitrogen and oxygen atoms in total. The van der Waals surface area contributed by atoms with Crippen molar-refractivity contribution in [1.82, 2.24) is 19.9 Å². The lowest BCUT2D eigenvalue weighted by Gasteiger charge is -2.13. The molecule has 0 saturated carbocycles. The molecule has 0 spiro atoms. The molecular formula is C12H16N4O. The summed E-state index contributed by atoms with van der Waals surface area (Å²) in [7, 11) is 0. The lowest BCUT2D eigenvalue weighted by Crippen LogP contribution is -2.28. The summed E-state index contributed by atoms with van der Waals surface area (Å²) in [6.45, 7) is 3.83. The zero-order valence-corrected chi connectivity index (χ0v) is 9.89. The molecule has 2 aromatic heterocycles. The highest BCUT2D eigenvalue weighted by Gasteiger charge is 2.15. The van der Waals surface area contributed by atoms with Crippen molar-refractivity contribution in [2.75, 3.05) is 13.2 Å². The molecule has 0 bridgehead atoms. The number of fused-ring (bicyclic) bond motifs is 1. The van der Waals surface area contributed by atoms with Gasteiger partial charge in [-0.25, -0.2) is 4.98 Å². The van der Waals surface area contributed by atoms with Crippen LogP contribution in [0.15, 0.2) is 18.5 Å². The van der Waals surface area contributed by atoms with Crippen molar-refractivity contribution in [2.24, 2.45) is 0 Å². The number of aromatic nitrogens is 3. The van der Waals surface area contributed by atoms with Crippen LogP contribution in [0.4, 0.5) is 0 Å². The predicted molar refractivity (Wildman–Crippen MR) is 64.2 cm³/mol. The van der Waals surface area contributed by atoms with Crippen molar-refractivity contribution >= 4 is 5.65 Å². The van der Waals surface area contributed by atoms with Crippen molar-refractivity contribution in [3.63, 3.8) is 0 Å². The zero-order valence-electron chi connectivity index (χ0n) is 9.89. The third kappa shape index (κ3) is 2.10. The number of hydrogen-bond acceptors (Lipinski definition) is 4. The Morgan fingerprint density at radius 3 is 3.29 bits per heavy atom. The summed E-state index contributed by atoms with van der Waals surface area (Å²) < 4.78 is 7.58. The van der Waals surface area contributed by atoms with Crippen LogP contribution in [0.3, 0.4) is 0 Å². The van der Waals surface area contributed by atoms with Crippen LogP contribution in [0.25, 0.3) is 5.65 Å². The summed E-state index contributed by atoms with van der Waals surface area (Å²) in [4.78, 5) is 4.18. The van der Waals surface area contributed by atoms with E-state index in [-0.39, 0.29) is 0 Å². The first kappa shape index (κ1) is 10.5. The number of nitrogens with zero attached hydrogens (tertiary/aromatic N) is 3. The molecule has 0 aliphatic carbocycles. The van der Waals surface area contributed by atoms with E-state index in [0.29, 0.717) is 12.6 Å². The van der Waals surface area contributed by atoms with E-state index in [2.05, 4.69) is 15.4 Å². The molecule has 1 fully saturated rings. The van der Waals surface area contributed by atoms with Crippen LogP contribution >= 0.6 is 0 Å². The number of nitrogens with one attached hydrogen (secondary N) is 1. The Bertz CT molecular complexity index is 516. The molecule has 0 amide bonds. The minimum Gasteiger partial charge on any atom is -0.476 e. The van der Waals surface area contributed by atoms with Crippen molar-refractivity contribution in [2.45, 2.75) is 25.8 Å². The summed E-state index contributed by atoms with van der Waals surface area (Å²) >= 11 is 0. The molecule has 1 unspecified atom stereocenters. The topological polar surface area (TPSA) is 51.5 Å². The van der Waals surface area contributed by atoms with Gasteiger partial charge in [0.05, 0.1) is 0 Å². The first-order chi connectivity index (χ1) is 8.33. The second-order valence-electron chi connectivity index (χ2n) is 4.51. The van der Waals surface area contributed by atoms with Crippen molar-refractivity contribution in [3.05, 3.63) is 24.0 Å². The van der Waals surface area contributed by atoms with Gasteiger partial charge in [0, 0.05) is 12.1 Å². The maximum Gasteiger partial charge on any atom is 0.216 e. The zero-order chi connectivity index (χ0) is 11.7. The number of ether oxygens (including phenoxy) is 1. The SMILES string of the molecule is Cc1cc(OCC2CCCN2)n2ncnc2c1. The molecular weight excluding hydrogens is 216 g/mol. The highest BCUT2D eigenvalue weighted by atomic mass is 16.5. The standard InChI is InChI=1S/C12H16N4O/c1-9-5-11-14-8-15-16(11)12(6-9)17-7-10-3-2-4-13-10/h5-6,8,10,13H,2-4,7H2,1H3. The third-order valence-electron chi connectivity index (χ3n) is 3.09. The third-order valence-corrected chi connectivity index (χ3v) is 3.09. The maximum absolute atomic E-state index is 5.84. The number of hydrogen-bond donors (Lipinski definition) is 1. The maximum atomic E-state index is 5.84. The molecule has 1 aliphatic heterocycles. The summed E-state index contributed by atoms with van der Waals surface area (Å²) in [5, 5.41) is 7.58. The molecule has 2 aromatic rings. The lowest BCUT2D eigenvalue weighted by molar-refractivity contribution is 0.261. The Hall–Kier alpha value is -1.62. The van der Waals surface area contributed by atoms with E-state index in [1.165, 1.54) is 12.8 Å². The largest absolute Gasteiger partial charge is 0.476 e. The van der Waals surface area contributed by atoms with E-state index < -0.39 is 0 Å². The van der Waals surface area contributed by atoms with Crippen LogP contribution in [-0.4, -0.2) is 33.8 Å². The average molecular weight is 232 g/mol. The van der Waals surface area contributed by atoms with Crippen LogP contribution in [0.2, 0.25) is 0 Å². The quantitative estimate of drug-likeness (QED) is 0.863. The first-order valence-electron chi connectivity index (χ1n) is 5.99. The van der Waals surface area contributed by atoms with Gasteiger partial charge in [-0.15, -0.1) is 0 Å². The van der Waals surface area contributed by atoms with E-state index in [0.717, 1.165) is 23.6 Å². The number of rotatable bonds is 3. The molecule has 1 saturated heterocycles. The molecule has 3 rings (SSSR count). The molecule has 1 aliphatic rings. The van der Waals surface area contributed by atoms with Crippen molar-refractivity contribution < 1.29 is 4.74 Å². The smallest absolute Gasteiger partial charge is 0.216 e. The minimum atomic E-state index is 0.467. The minimum absolute atomic E-state index is 0.467. The van der Waals surface area contributed by atoms with Gasteiger partial charge in [-0.3, -0.25) is 0 Å². The second-order valence-corrected chi connectivity index (χ2v) is 4.51. The van der Waals surface area contributed by atoms with Crippen LogP contribution in [0, 0.1) is 6.92 Å². The van der Waals surface area contributed by atoms with Crippen LogP contribution in [0.1, 0.15) is 18.4 Å². The van der Waals surface area contributed by atoms with Gasteiger partial charge in [0.2, 0.25) is 5.88 Å². The summed E-state index contributed by atoms with van der Waals surface area (Å²) in [5.41, 5.74) is 1.97. The fraction of sp³-hybridized carbons (Fsp3) is 0.500. The number of pyridine rings is 1. The Balaban J connectivity index is 1.81. The average Bonchev–Trinajstić information content (AvgIpc) is 2.95. The van der Waals surface area contributed by atoms with Gasteiger partial charge < -0.3 is 10.1 Å². The monoisotopic (exact) mass is 232 g/mol. The predicted octanol–water partition coefficient (Wildman–Crippen LogP) is 1.17. The second kappa shape index (κ2) is 4.33. The van der Waals surface area contributed by atoms with Gasteiger partial charge in [-0.2, -0.15) is 9.61 Å². The molecule has 90 valence electrons. The van der Waals surface area contributed by atoms with Gasteiger partial charge in [0.15, 0.2) is 5.65 Å². The van der Waals surface area contributed by atoms with Gasteiger partial charge >= 0.3 is 0 Å². The molecule has 3 heterocycles. The summed E-state index contributed by atoms with van der Waals surface area (Å²) in [6, 6.07) is 4.46. The molecule has 1 N–H and O–H groups in total. The Kier molecular flexibility index (Phi) is 2.68. The summed E-state index contributed by atoms with van der Waals surface area (Å²) in [5.74, 6) is 0.770. The highest BCUT2D eigenvalue weighted by Crippen LogP contribution is 2.16. The summed E-state index contributed by atoms with van der Waals surface area (Å²) in [6.07, 6.45) is 3.97. The van der Waals surface area contributed by atoms with Crippen molar-refractivity contribution in [3.8, 4) is 5.88 Å². The fourth-order valence-electron chi connectivity index (χ4n) is 2.21. The van der Waals surface area contributed by atoms with Crippen molar-refractivity contribution in [1.29, 1.82) is 0 Å². The van der Waals surface area contributed by atoms with Gasteiger partial charge in [0.25, 0.3) is 0 Å². The molecule has 0 aromatic carbocycles. The van der Waals surface area contributed by atoms with Gasteiger partial charge in [-0.1, -0.05) is 0 Å². The Labute approximate surface area is 99.8 Å². The lowest BCUT2D eigenvalue weighted by atomic mass is 10.2. The van der Waals surface area contributed by atoms with E-state index in [4.69, 9.17) is 4.74 Å². The molecule has 1 atom stereocenters. The van der Waals surface area contributed by atoms with Gasteiger partial charge in [0.1, 0.15) is 12.9 Å². The highest BCUT2D eigenvalue weighted by molar-refractivity contribution is 5.43. The van der Waals surface area contributed by atoms with E-state index in [9.17, 15) is 0 Å². The van der Waals surface area contributed by atoms with Gasteiger partial charge in [-0.05, 0) is 37.9 Å². The normalized spacial score (nSPS) is 19.9. The molecule has 0 radical (unpaired) electrons. The number of aryl methyl sites for hydroxylation is 1. The van der Waals surface area contributed by atoms with Crippen LogP contribution in [-0.2, 0) is 0 Å². The molecule has 5 heteroatoms. The fourth-order valence-corrected chi connectivity index (χ4v) is 2.21. The first-order valence-corrected chi connectivity index (χ1v) is 5.99. The van der Waals surface area contributed by atoms with E-state index in [1.807, 2.05) is 19.1 Å². The van der Waals surface area contributed by atoms with E-state index in [1.54, 1.807) is 10.8 Å². The van der Waals surface area contributed by atoms with Crippen LogP contribution < -0.4 is 10.1 Å². The Morgan fingerprint density at radius 2 is 2.47 bits per heavy atom. The Morgan fingerprint density at radius 1 is 1.53 bits per heavy atom. The van der Waals surface area contributed by atoms with Crippen LogP contribution in [0.5, 0.6) is 5.88 Å². The van der Waals surface area contributed by atoms with E-state index >= 15 is 0 Å².